The lowest BCUT2D eigenvalue weighted by Crippen LogP contribution is -2.59. The van der Waals surface area contributed by atoms with Crippen molar-refractivity contribution in [1.29, 1.82) is 0 Å². The third-order valence-electron chi connectivity index (χ3n) is 5.00. The molecule has 5 nitrogen and oxygen atoms in total. The fourth-order valence-corrected chi connectivity index (χ4v) is 3.81. The number of hydrogen-bond acceptors (Lipinski definition) is 3. The Balaban J connectivity index is 1.74. The first-order chi connectivity index (χ1) is 11.5. The van der Waals surface area contributed by atoms with Crippen molar-refractivity contribution in [1.82, 2.24) is 9.88 Å². The predicted molar refractivity (Wildman–Crippen MR) is 87.6 cm³/mol. The summed E-state index contributed by atoms with van der Waals surface area (Å²) < 4.78 is 19.5. The van der Waals surface area contributed by atoms with Gasteiger partial charge in [-0.25, -0.2) is 4.39 Å². The minimum absolute atomic E-state index is 0.0336. The number of H-pyrrole nitrogens is 1. The molecule has 1 N–H and O–H groups in total. The molecule has 2 aliphatic rings. The van der Waals surface area contributed by atoms with Gasteiger partial charge in [-0.3, -0.25) is 9.59 Å². The average molecular weight is 330 g/mol. The molecule has 1 saturated carbocycles. The number of hydrogen-bond donors (Lipinski definition) is 1. The van der Waals surface area contributed by atoms with Crippen molar-refractivity contribution in [3.63, 3.8) is 0 Å². The van der Waals surface area contributed by atoms with E-state index in [1.54, 1.807) is 4.90 Å². The van der Waals surface area contributed by atoms with Crippen molar-refractivity contribution in [3.05, 3.63) is 46.0 Å². The van der Waals surface area contributed by atoms with Gasteiger partial charge in [0.1, 0.15) is 5.82 Å². The standard InChI is InChI=1S/C18H19FN2O3/c1-11-9-21(10-18(24-11)5-2-6-18)17(23)14-8-16(22)20-15-7-12(19)3-4-13(14)15/h3-4,7-8,11H,2,5-6,9-10H2,1H3,(H,20,22). The first-order valence-electron chi connectivity index (χ1n) is 8.25. The highest BCUT2D eigenvalue weighted by Crippen LogP contribution is 2.40. The first kappa shape index (κ1) is 15.3. The maximum absolute atomic E-state index is 13.4. The summed E-state index contributed by atoms with van der Waals surface area (Å²) in [5.74, 6) is -0.643. The zero-order valence-electron chi connectivity index (χ0n) is 13.5. The molecule has 1 amide bonds. The second-order valence-corrected chi connectivity index (χ2v) is 6.89. The summed E-state index contributed by atoms with van der Waals surface area (Å²) >= 11 is 0. The van der Waals surface area contributed by atoms with E-state index in [0.29, 0.717) is 29.6 Å². The zero-order valence-corrected chi connectivity index (χ0v) is 13.5. The Morgan fingerprint density at radius 1 is 1.38 bits per heavy atom. The average Bonchev–Trinajstić information content (AvgIpc) is 2.50. The van der Waals surface area contributed by atoms with E-state index in [2.05, 4.69) is 4.98 Å². The number of nitrogens with one attached hydrogen (secondary N) is 1. The van der Waals surface area contributed by atoms with E-state index in [4.69, 9.17) is 4.74 Å². The Bertz CT molecular complexity index is 872. The van der Waals surface area contributed by atoms with Crippen molar-refractivity contribution >= 4 is 16.8 Å². The number of aromatic nitrogens is 1. The molecule has 24 heavy (non-hydrogen) atoms. The lowest BCUT2D eigenvalue weighted by molar-refractivity contribution is -0.176. The summed E-state index contributed by atoms with van der Waals surface area (Å²) in [4.78, 5) is 29.3. The highest BCUT2D eigenvalue weighted by atomic mass is 19.1. The molecule has 1 saturated heterocycles. The van der Waals surface area contributed by atoms with E-state index in [9.17, 15) is 14.0 Å². The van der Waals surface area contributed by atoms with Gasteiger partial charge in [0, 0.05) is 18.0 Å². The summed E-state index contributed by atoms with van der Waals surface area (Å²) in [7, 11) is 0. The molecule has 1 atom stereocenters. The number of ether oxygens (including phenoxy) is 1. The zero-order chi connectivity index (χ0) is 16.9. The van der Waals surface area contributed by atoms with Crippen LogP contribution in [0.1, 0.15) is 36.5 Å². The molecule has 2 fully saturated rings. The normalized spacial score (nSPS) is 22.6. The fourth-order valence-electron chi connectivity index (χ4n) is 3.81. The van der Waals surface area contributed by atoms with Gasteiger partial charge in [0.15, 0.2) is 0 Å². The van der Waals surface area contributed by atoms with Crippen LogP contribution in [0.5, 0.6) is 0 Å². The van der Waals surface area contributed by atoms with E-state index < -0.39 is 11.4 Å². The molecule has 1 spiro atoms. The molecule has 1 unspecified atom stereocenters. The molecule has 2 aromatic rings. The number of pyridine rings is 1. The smallest absolute Gasteiger partial charge is 0.254 e. The Hall–Kier alpha value is -2.21. The van der Waals surface area contributed by atoms with E-state index in [-0.39, 0.29) is 17.6 Å². The van der Waals surface area contributed by atoms with E-state index in [1.807, 2.05) is 6.92 Å². The molecular weight excluding hydrogens is 311 g/mol. The molecule has 4 rings (SSSR count). The van der Waals surface area contributed by atoms with E-state index in [0.717, 1.165) is 19.3 Å². The van der Waals surface area contributed by atoms with Gasteiger partial charge < -0.3 is 14.6 Å². The highest BCUT2D eigenvalue weighted by Gasteiger charge is 2.45. The van der Waals surface area contributed by atoms with Gasteiger partial charge in [0.25, 0.3) is 5.91 Å². The van der Waals surface area contributed by atoms with E-state index >= 15 is 0 Å². The molecular formula is C18H19FN2O3. The number of rotatable bonds is 1. The Morgan fingerprint density at radius 2 is 2.17 bits per heavy atom. The van der Waals surface area contributed by atoms with Gasteiger partial charge in [-0.2, -0.15) is 0 Å². The quantitative estimate of drug-likeness (QED) is 0.874. The van der Waals surface area contributed by atoms with Crippen LogP contribution in [0.25, 0.3) is 10.9 Å². The molecule has 2 heterocycles. The lowest BCUT2D eigenvalue weighted by Gasteiger charge is -2.50. The van der Waals surface area contributed by atoms with Crippen LogP contribution >= 0.6 is 0 Å². The largest absolute Gasteiger partial charge is 0.368 e. The highest BCUT2D eigenvalue weighted by molar-refractivity contribution is 6.06. The molecule has 0 bridgehead atoms. The van der Waals surface area contributed by atoms with Gasteiger partial charge in [-0.05, 0) is 44.4 Å². The van der Waals surface area contributed by atoms with Crippen LogP contribution in [-0.2, 0) is 4.74 Å². The summed E-state index contributed by atoms with van der Waals surface area (Å²) in [6.07, 6.45) is 3.00. The molecule has 126 valence electrons. The maximum atomic E-state index is 13.4. The predicted octanol–water partition coefficient (Wildman–Crippen LogP) is 2.45. The third kappa shape index (κ3) is 2.51. The van der Waals surface area contributed by atoms with Gasteiger partial charge in [0.05, 0.1) is 29.3 Å². The van der Waals surface area contributed by atoms with Gasteiger partial charge in [-0.15, -0.1) is 0 Å². The number of carbonyl (C=O) groups is 1. The Kier molecular flexibility index (Phi) is 3.46. The monoisotopic (exact) mass is 330 g/mol. The molecule has 0 radical (unpaired) electrons. The maximum Gasteiger partial charge on any atom is 0.254 e. The lowest BCUT2D eigenvalue weighted by atomic mass is 9.78. The van der Waals surface area contributed by atoms with Crippen molar-refractivity contribution < 1.29 is 13.9 Å². The number of halogens is 1. The minimum Gasteiger partial charge on any atom is -0.368 e. The summed E-state index contributed by atoms with van der Waals surface area (Å²) in [5, 5.41) is 0.558. The first-order valence-corrected chi connectivity index (χ1v) is 8.25. The number of nitrogens with zero attached hydrogens (tertiary/aromatic N) is 1. The van der Waals surface area contributed by atoms with E-state index in [1.165, 1.54) is 24.3 Å². The number of aromatic amines is 1. The topological polar surface area (TPSA) is 62.4 Å². The van der Waals surface area contributed by atoms with Crippen LogP contribution in [0.2, 0.25) is 0 Å². The van der Waals surface area contributed by atoms with Crippen LogP contribution in [-0.4, -0.2) is 40.6 Å². The van der Waals surface area contributed by atoms with Crippen LogP contribution in [0.15, 0.2) is 29.1 Å². The van der Waals surface area contributed by atoms with Gasteiger partial charge in [0.2, 0.25) is 5.56 Å². The SMILES string of the molecule is CC1CN(C(=O)c2cc(=O)[nH]c3cc(F)ccc23)CC2(CCC2)O1. The molecule has 1 aliphatic carbocycles. The van der Waals surface area contributed by atoms with Crippen molar-refractivity contribution in [3.8, 4) is 0 Å². The molecule has 1 aromatic heterocycles. The van der Waals surface area contributed by atoms with Crippen LogP contribution < -0.4 is 5.56 Å². The third-order valence-corrected chi connectivity index (χ3v) is 5.00. The van der Waals surface area contributed by atoms with Gasteiger partial charge >= 0.3 is 0 Å². The number of fused-ring (bicyclic) bond motifs is 1. The molecule has 1 aliphatic heterocycles. The number of benzene rings is 1. The summed E-state index contributed by atoms with van der Waals surface area (Å²) in [5.41, 5.74) is 0.0233. The van der Waals surface area contributed by atoms with Crippen LogP contribution in [0.3, 0.4) is 0 Å². The van der Waals surface area contributed by atoms with Crippen LogP contribution in [0, 0.1) is 5.82 Å². The Labute approximate surface area is 138 Å². The number of carbonyl (C=O) groups excluding carboxylic acids is 1. The van der Waals surface area contributed by atoms with Crippen molar-refractivity contribution in [2.75, 3.05) is 13.1 Å². The Morgan fingerprint density at radius 3 is 2.88 bits per heavy atom. The van der Waals surface area contributed by atoms with Crippen molar-refractivity contribution in [2.24, 2.45) is 0 Å². The number of morpholine rings is 1. The van der Waals surface area contributed by atoms with Crippen molar-refractivity contribution in [2.45, 2.75) is 37.9 Å². The molecule has 1 aromatic carbocycles. The van der Waals surface area contributed by atoms with Crippen LogP contribution in [0.4, 0.5) is 4.39 Å². The minimum atomic E-state index is -0.448. The second kappa shape index (κ2) is 5.41. The molecule has 6 heteroatoms. The van der Waals surface area contributed by atoms with Gasteiger partial charge in [-0.1, -0.05) is 0 Å². The second-order valence-electron chi connectivity index (χ2n) is 6.89. The summed E-state index contributed by atoms with van der Waals surface area (Å²) in [6.45, 7) is 3.01. The number of amides is 1. The fraction of sp³-hybridized carbons (Fsp3) is 0.444. The summed E-state index contributed by atoms with van der Waals surface area (Å²) in [6, 6.07) is 5.38.